The molecule has 0 saturated carbocycles. The average Bonchev–Trinajstić information content (AvgIpc) is 1.88. The molecule has 0 amide bonds. The van der Waals surface area contributed by atoms with Gasteiger partial charge in [0, 0.05) is 12.4 Å². The molecule has 0 spiro atoms. The van der Waals surface area contributed by atoms with Gasteiger partial charge in [0.15, 0.2) is 0 Å². The Labute approximate surface area is 56.5 Å². The quantitative estimate of drug-likeness (QED) is 0.458. The third-order valence-electron chi connectivity index (χ3n) is 0.924. The van der Waals surface area contributed by atoms with Crippen molar-refractivity contribution in [2.24, 2.45) is 0 Å². The van der Waals surface area contributed by atoms with Crippen molar-refractivity contribution in [3.8, 4) is 0 Å². The number of rotatable bonds is 1. The lowest BCUT2D eigenvalue weighted by Gasteiger charge is -1.95. The topological polar surface area (TPSA) is 66.2 Å². The van der Waals surface area contributed by atoms with Crippen LogP contribution in [0.5, 0.6) is 0 Å². The van der Waals surface area contributed by atoms with Crippen LogP contribution in [0.4, 0.5) is 4.39 Å². The zero-order valence-electron chi connectivity index (χ0n) is 4.90. The Balaban J connectivity index is 3.03. The average molecular weight is 142 g/mol. The fourth-order valence-corrected chi connectivity index (χ4v) is 0.505. The summed E-state index contributed by atoms with van der Waals surface area (Å²) in [6.45, 7) is 0. The molecule has 4 nitrogen and oxygen atoms in total. The second-order valence-corrected chi connectivity index (χ2v) is 1.61. The van der Waals surface area contributed by atoms with E-state index in [9.17, 15) is 4.39 Å². The van der Waals surface area contributed by atoms with Gasteiger partial charge in [-0.1, -0.05) is 0 Å². The molecule has 0 fully saturated rings. The van der Waals surface area contributed by atoms with Crippen molar-refractivity contribution >= 4 is 12.7 Å². The minimum atomic E-state index is -1.89. The van der Waals surface area contributed by atoms with Gasteiger partial charge in [-0.15, -0.1) is 0 Å². The monoisotopic (exact) mass is 142 g/mol. The first kappa shape index (κ1) is 7.11. The lowest BCUT2D eigenvalue weighted by Crippen LogP contribution is -2.36. The predicted octanol–water partition coefficient (Wildman–Crippen LogP) is -1.70. The number of hydrogen-bond acceptors (Lipinski definition) is 4. The van der Waals surface area contributed by atoms with Crippen LogP contribution in [-0.2, 0) is 0 Å². The highest BCUT2D eigenvalue weighted by atomic mass is 19.1. The van der Waals surface area contributed by atoms with E-state index in [0.29, 0.717) is 0 Å². The number of nitrogens with zero attached hydrogens (tertiary/aromatic N) is 2. The van der Waals surface area contributed by atoms with Crippen molar-refractivity contribution in [1.29, 1.82) is 0 Å². The molecule has 0 unspecified atom stereocenters. The first-order chi connectivity index (χ1) is 4.72. The molecule has 1 heterocycles. The van der Waals surface area contributed by atoms with E-state index in [1.165, 1.54) is 6.20 Å². The lowest BCUT2D eigenvalue weighted by molar-refractivity contribution is 0.419. The summed E-state index contributed by atoms with van der Waals surface area (Å²) in [5.41, 5.74) is -0.456. The molecule has 0 aliphatic heterocycles. The Hall–Kier alpha value is -1.01. The fourth-order valence-electron chi connectivity index (χ4n) is 0.505. The maximum atomic E-state index is 12.3. The van der Waals surface area contributed by atoms with Gasteiger partial charge >= 0.3 is 7.12 Å². The van der Waals surface area contributed by atoms with Gasteiger partial charge in [-0.25, -0.2) is 4.98 Å². The zero-order valence-corrected chi connectivity index (χ0v) is 4.90. The van der Waals surface area contributed by atoms with Gasteiger partial charge in [0.2, 0.25) is 5.95 Å². The van der Waals surface area contributed by atoms with E-state index in [4.69, 9.17) is 10.0 Å². The van der Waals surface area contributed by atoms with Crippen LogP contribution in [0.15, 0.2) is 12.4 Å². The predicted molar refractivity (Wildman–Crippen MR) is 31.8 cm³/mol. The van der Waals surface area contributed by atoms with E-state index >= 15 is 0 Å². The van der Waals surface area contributed by atoms with Gasteiger partial charge in [0.25, 0.3) is 0 Å². The largest absolute Gasteiger partial charge is 0.512 e. The van der Waals surface area contributed by atoms with Crippen LogP contribution >= 0.6 is 0 Å². The van der Waals surface area contributed by atoms with Gasteiger partial charge in [-0.3, -0.25) is 4.98 Å². The molecule has 0 atom stereocenters. The molecule has 1 rings (SSSR count). The summed E-state index contributed by atoms with van der Waals surface area (Å²) in [6.07, 6.45) is 2.30. The standard InChI is InChI=1S/C4H4BFN2O2/c6-4-3(5(9)10)7-1-2-8-4/h1-2,9-10H. The Morgan fingerprint density at radius 3 is 2.30 bits per heavy atom. The van der Waals surface area contributed by atoms with Gasteiger partial charge in [0.05, 0.1) is 0 Å². The van der Waals surface area contributed by atoms with Crippen molar-refractivity contribution in [2.45, 2.75) is 0 Å². The molecule has 0 aliphatic rings. The van der Waals surface area contributed by atoms with Crippen LogP contribution in [0.3, 0.4) is 0 Å². The smallest absolute Gasteiger partial charge is 0.422 e. The van der Waals surface area contributed by atoms with E-state index in [0.717, 1.165) is 6.20 Å². The minimum absolute atomic E-state index is 0.456. The van der Waals surface area contributed by atoms with Gasteiger partial charge in [-0.05, 0) is 0 Å². The van der Waals surface area contributed by atoms with E-state index < -0.39 is 18.7 Å². The third-order valence-corrected chi connectivity index (χ3v) is 0.924. The van der Waals surface area contributed by atoms with Crippen molar-refractivity contribution in [3.05, 3.63) is 18.3 Å². The van der Waals surface area contributed by atoms with Crippen LogP contribution in [0.25, 0.3) is 0 Å². The molecule has 52 valence electrons. The summed E-state index contributed by atoms with van der Waals surface area (Å²) in [4.78, 5) is 6.49. The highest BCUT2D eigenvalue weighted by Gasteiger charge is 2.18. The summed E-state index contributed by atoms with van der Waals surface area (Å²) in [7, 11) is -1.89. The second-order valence-electron chi connectivity index (χ2n) is 1.61. The first-order valence-corrected chi connectivity index (χ1v) is 2.54. The molecule has 0 saturated heterocycles. The Morgan fingerprint density at radius 1 is 1.30 bits per heavy atom. The van der Waals surface area contributed by atoms with Gasteiger partial charge in [-0.2, -0.15) is 4.39 Å². The lowest BCUT2D eigenvalue weighted by atomic mass is 9.86. The van der Waals surface area contributed by atoms with Crippen molar-refractivity contribution in [1.82, 2.24) is 9.97 Å². The van der Waals surface area contributed by atoms with Crippen LogP contribution in [0.1, 0.15) is 0 Å². The fraction of sp³-hybridized carbons (Fsp3) is 0. The summed E-state index contributed by atoms with van der Waals surface area (Å²) in [6, 6.07) is 0. The Morgan fingerprint density at radius 2 is 1.90 bits per heavy atom. The van der Waals surface area contributed by atoms with E-state index in [1.54, 1.807) is 0 Å². The normalized spacial score (nSPS) is 9.50. The van der Waals surface area contributed by atoms with E-state index in [2.05, 4.69) is 9.97 Å². The summed E-state index contributed by atoms with van der Waals surface area (Å²) in [5, 5.41) is 16.8. The second kappa shape index (κ2) is 2.72. The summed E-state index contributed by atoms with van der Waals surface area (Å²) >= 11 is 0. The Kier molecular flexibility index (Phi) is 1.93. The Bertz CT molecular complexity index is 232. The maximum Gasteiger partial charge on any atom is 0.512 e. The van der Waals surface area contributed by atoms with Crippen molar-refractivity contribution in [3.63, 3.8) is 0 Å². The van der Waals surface area contributed by atoms with E-state index in [-0.39, 0.29) is 0 Å². The molecule has 0 bridgehead atoms. The molecule has 0 aromatic carbocycles. The highest BCUT2D eigenvalue weighted by molar-refractivity contribution is 6.57. The molecule has 1 aromatic rings. The third kappa shape index (κ3) is 1.28. The van der Waals surface area contributed by atoms with Crippen molar-refractivity contribution in [2.75, 3.05) is 0 Å². The number of aromatic nitrogens is 2. The molecule has 1 aromatic heterocycles. The van der Waals surface area contributed by atoms with Gasteiger partial charge < -0.3 is 10.0 Å². The molecule has 2 N–H and O–H groups in total. The van der Waals surface area contributed by atoms with Crippen LogP contribution < -0.4 is 5.59 Å². The molecular formula is C4H4BFN2O2. The maximum absolute atomic E-state index is 12.3. The van der Waals surface area contributed by atoms with E-state index in [1.807, 2.05) is 0 Å². The summed E-state index contributed by atoms with van der Waals surface area (Å²) in [5.74, 6) is -0.961. The molecular weight excluding hydrogens is 138 g/mol. The van der Waals surface area contributed by atoms with Crippen molar-refractivity contribution < 1.29 is 14.4 Å². The zero-order chi connectivity index (χ0) is 7.56. The molecule has 0 radical (unpaired) electrons. The first-order valence-electron chi connectivity index (χ1n) is 2.54. The molecule has 6 heteroatoms. The van der Waals surface area contributed by atoms with Crippen LogP contribution in [0, 0.1) is 5.95 Å². The number of hydrogen-bond donors (Lipinski definition) is 2. The number of halogens is 1. The van der Waals surface area contributed by atoms with Crippen LogP contribution in [0.2, 0.25) is 0 Å². The van der Waals surface area contributed by atoms with Crippen LogP contribution in [-0.4, -0.2) is 27.1 Å². The summed E-state index contributed by atoms with van der Waals surface area (Å²) < 4.78 is 12.3. The molecule has 0 aliphatic carbocycles. The van der Waals surface area contributed by atoms with Gasteiger partial charge in [0.1, 0.15) is 5.59 Å². The molecule has 10 heavy (non-hydrogen) atoms. The highest BCUT2D eigenvalue weighted by Crippen LogP contribution is 1.83. The minimum Gasteiger partial charge on any atom is -0.422 e. The SMILES string of the molecule is OB(O)c1nccnc1F.